The molecule has 0 rings (SSSR count). The number of halogens is 6. The Hall–Kier alpha value is -1.34. The van der Waals surface area contributed by atoms with Gasteiger partial charge >= 0.3 is 24.2 Å². The lowest BCUT2D eigenvalue weighted by atomic mass is 10.1. The summed E-state index contributed by atoms with van der Waals surface area (Å²) in [6.45, 7) is 2.61. The number of ether oxygens (including phenoxy) is 2. The number of hydrogen-bond acceptors (Lipinski definition) is 2. The summed E-state index contributed by atoms with van der Waals surface area (Å²) in [4.78, 5) is 0. The Bertz CT molecular complexity index is 288. The van der Waals surface area contributed by atoms with Crippen molar-refractivity contribution in [2.24, 2.45) is 0 Å². The molecule has 0 aromatic carbocycles. The first-order chi connectivity index (χ1) is 8.23. The van der Waals surface area contributed by atoms with Crippen LogP contribution in [0.3, 0.4) is 0 Å². The van der Waals surface area contributed by atoms with E-state index >= 15 is 0 Å². The third kappa shape index (κ3) is 7.08. The van der Waals surface area contributed by atoms with Crippen molar-refractivity contribution in [2.45, 2.75) is 38.9 Å². The van der Waals surface area contributed by atoms with E-state index in [0.717, 1.165) is 0 Å². The minimum Gasteiger partial charge on any atom is -0.464 e. The normalized spacial score (nSPS) is 13.6. The summed E-state index contributed by atoms with van der Waals surface area (Å²) in [5, 5.41) is 0. The molecule has 106 valence electrons. The van der Waals surface area contributed by atoms with Gasteiger partial charge in [-0.25, -0.2) is 0 Å². The van der Waals surface area contributed by atoms with Crippen molar-refractivity contribution in [3.8, 4) is 0 Å². The van der Waals surface area contributed by atoms with E-state index < -0.39 is 36.4 Å². The minimum atomic E-state index is -2.58. The first-order valence-corrected chi connectivity index (χ1v) is 4.98. The van der Waals surface area contributed by atoms with Gasteiger partial charge in [-0.05, 0) is 26.7 Å². The quantitative estimate of drug-likeness (QED) is 0.498. The summed E-state index contributed by atoms with van der Waals surface area (Å²) < 4.78 is 79.6. The molecule has 0 aliphatic rings. The van der Waals surface area contributed by atoms with Gasteiger partial charge in [0.15, 0.2) is 0 Å². The van der Waals surface area contributed by atoms with Gasteiger partial charge in [0.05, 0.1) is 12.2 Å². The number of rotatable bonds is 7. The fourth-order valence-corrected chi connectivity index (χ4v) is 1.03. The zero-order valence-corrected chi connectivity index (χ0v) is 9.65. The van der Waals surface area contributed by atoms with Crippen LogP contribution >= 0.6 is 0 Å². The second-order valence-corrected chi connectivity index (χ2v) is 3.50. The van der Waals surface area contributed by atoms with Crippen LogP contribution in [0.2, 0.25) is 0 Å². The molecular weight excluding hydrogens is 266 g/mol. The Labute approximate surface area is 99.9 Å². The molecule has 0 bridgehead atoms. The molecule has 2 unspecified atom stereocenters. The Morgan fingerprint density at radius 3 is 1.22 bits per heavy atom. The highest BCUT2D eigenvalue weighted by Crippen LogP contribution is 2.19. The fraction of sp³-hybridized carbons (Fsp3) is 0.600. The average molecular weight is 278 g/mol. The Morgan fingerprint density at radius 1 is 0.722 bits per heavy atom. The van der Waals surface area contributed by atoms with E-state index in [1.165, 1.54) is 13.8 Å². The summed E-state index contributed by atoms with van der Waals surface area (Å²) in [6, 6.07) is -3.98. The molecule has 2 nitrogen and oxygen atoms in total. The molecular formula is C10H12F6O2. The maximum absolute atomic E-state index is 12.3. The fourth-order valence-electron chi connectivity index (χ4n) is 1.03. The summed E-state index contributed by atoms with van der Waals surface area (Å²) in [5.41, 5.74) is 0. The Morgan fingerprint density at radius 2 is 1.00 bits per heavy atom. The van der Waals surface area contributed by atoms with Gasteiger partial charge < -0.3 is 9.47 Å². The maximum Gasteiger partial charge on any atom is 0.342 e. The topological polar surface area (TPSA) is 18.5 Å². The first kappa shape index (κ1) is 16.7. The molecule has 0 N–H and O–H groups in total. The van der Waals surface area contributed by atoms with Crippen LogP contribution in [-0.4, -0.2) is 12.2 Å². The predicted molar refractivity (Wildman–Crippen MR) is 51.0 cm³/mol. The molecule has 0 heterocycles. The van der Waals surface area contributed by atoms with Gasteiger partial charge in [0.25, 0.3) is 0 Å². The highest BCUT2D eigenvalue weighted by molar-refractivity contribution is 4.83. The van der Waals surface area contributed by atoms with E-state index in [2.05, 4.69) is 9.47 Å². The van der Waals surface area contributed by atoms with Gasteiger partial charge in [0.1, 0.15) is 0 Å². The molecule has 18 heavy (non-hydrogen) atoms. The molecule has 0 amide bonds. The van der Waals surface area contributed by atoms with Gasteiger partial charge in [0, 0.05) is 0 Å². The molecule has 0 radical (unpaired) electrons. The van der Waals surface area contributed by atoms with Crippen molar-refractivity contribution in [2.75, 3.05) is 0 Å². The Balaban J connectivity index is 4.03. The summed E-state index contributed by atoms with van der Waals surface area (Å²) in [7, 11) is 0. The van der Waals surface area contributed by atoms with Gasteiger partial charge in [-0.15, -0.1) is 0 Å². The lowest BCUT2D eigenvalue weighted by Crippen LogP contribution is -2.13. The van der Waals surface area contributed by atoms with Crippen LogP contribution in [0, 0.1) is 0 Å². The van der Waals surface area contributed by atoms with Gasteiger partial charge in [-0.2, -0.15) is 26.3 Å². The molecule has 2 atom stereocenters. The largest absolute Gasteiger partial charge is 0.464 e. The SMILES string of the molecule is CC(CCC(C)OC(F)=C(F)F)OC(F)=C(F)F. The molecule has 0 aromatic heterocycles. The van der Waals surface area contributed by atoms with Crippen LogP contribution in [0.1, 0.15) is 26.7 Å². The highest BCUT2D eigenvalue weighted by Gasteiger charge is 2.15. The summed E-state index contributed by atoms with van der Waals surface area (Å²) in [5.74, 6) is 0. The summed E-state index contributed by atoms with van der Waals surface area (Å²) in [6.07, 6.45) is -6.94. The van der Waals surface area contributed by atoms with E-state index in [0.29, 0.717) is 0 Å². The molecule has 8 heteroatoms. The molecule has 0 aliphatic carbocycles. The van der Waals surface area contributed by atoms with E-state index in [9.17, 15) is 26.3 Å². The zero-order valence-electron chi connectivity index (χ0n) is 9.65. The van der Waals surface area contributed by atoms with E-state index in [1.54, 1.807) is 0 Å². The van der Waals surface area contributed by atoms with Crippen molar-refractivity contribution in [1.29, 1.82) is 0 Å². The predicted octanol–water partition coefficient (Wildman–Crippen LogP) is 4.65. The Kier molecular flexibility index (Phi) is 7.30. The first-order valence-electron chi connectivity index (χ1n) is 4.98. The number of hydrogen-bond donors (Lipinski definition) is 0. The van der Waals surface area contributed by atoms with Gasteiger partial charge in [-0.3, -0.25) is 0 Å². The second-order valence-electron chi connectivity index (χ2n) is 3.50. The van der Waals surface area contributed by atoms with Crippen LogP contribution in [0.15, 0.2) is 24.2 Å². The molecule has 0 saturated heterocycles. The van der Waals surface area contributed by atoms with Crippen molar-refractivity contribution >= 4 is 0 Å². The van der Waals surface area contributed by atoms with Crippen LogP contribution in [0.4, 0.5) is 26.3 Å². The van der Waals surface area contributed by atoms with E-state index in [-0.39, 0.29) is 12.8 Å². The van der Waals surface area contributed by atoms with Crippen LogP contribution in [0.5, 0.6) is 0 Å². The van der Waals surface area contributed by atoms with Crippen LogP contribution < -0.4 is 0 Å². The van der Waals surface area contributed by atoms with E-state index in [4.69, 9.17) is 0 Å². The molecule has 0 spiro atoms. The standard InChI is InChI=1S/C10H12F6O2/c1-5(17-9(15)7(11)12)3-4-6(2)18-10(16)8(13)14/h5-6H,3-4H2,1-2H3. The second kappa shape index (κ2) is 7.88. The van der Waals surface area contributed by atoms with Gasteiger partial charge in [0.2, 0.25) is 0 Å². The zero-order chi connectivity index (χ0) is 14.3. The monoisotopic (exact) mass is 278 g/mol. The third-order valence-corrected chi connectivity index (χ3v) is 1.89. The van der Waals surface area contributed by atoms with Crippen LogP contribution in [0.25, 0.3) is 0 Å². The van der Waals surface area contributed by atoms with Crippen molar-refractivity contribution in [3.63, 3.8) is 0 Å². The minimum absolute atomic E-state index is 0.0308. The highest BCUT2D eigenvalue weighted by atomic mass is 19.3. The average Bonchev–Trinajstić information content (AvgIpc) is 2.25. The van der Waals surface area contributed by atoms with E-state index in [1.807, 2.05) is 0 Å². The van der Waals surface area contributed by atoms with Crippen molar-refractivity contribution in [3.05, 3.63) is 24.2 Å². The van der Waals surface area contributed by atoms with Crippen molar-refractivity contribution in [1.82, 2.24) is 0 Å². The molecule has 0 saturated carbocycles. The van der Waals surface area contributed by atoms with Crippen LogP contribution in [-0.2, 0) is 9.47 Å². The summed E-state index contributed by atoms with van der Waals surface area (Å²) >= 11 is 0. The maximum atomic E-state index is 12.3. The van der Waals surface area contributed by atoms with Gasteiger partial charge in [-0.1, -0.05) is 0 Å². The molecule has 0 aliphatic heterocycles. The molecule has 0 aromatic rings. The lowest BCUT2D eigenvalue weighted by Gasteiger charge is -2.16. The lowest BCUT2D eigenvalue weighted by molar-refractivity contribution is 0.0270. The smallest absolute Gasteiger partial charge is 0.342 e. The molecule has 0 fully saturated rings. The van der Waals surface area contributed by atoms with Crippen molar-refractivity contribution < 1.29 is 35.8 Å². The third-order valence-electron chi connectivity index (χ3n) is 1.89.